The van der Waals surface area contributed by atoms with E-state index in [1.807, 2.05) is 6.92 Å². The summed E-state index contributed by atoms with van der Waals surface area (Å²) in [6.45, 7) is 1.83. The molecular formula is C11H15N3O3. The number of aromatic nitrogens is 1. The molecule has 1 aromatic rings. The van der Waals surface area contributed by atoms with E-state index in [1.54, 1.807) is 0 Å². The predicted molar refractivity (Wildman–Crippen MR) is 62.7 cm³/mol. The van der Waals surface area contributed by atoms with Gasteiger partial charge in [0.05, 0.1) is 11.9 Å². The lowest BCUT2D eigenvalue weighted by molar-refractivity contribution is -0.116. The topological polar surface area (TPSA) is 105 Å². The molecule has 17 heavy (non-hydrogen) atoms. The first kappa shape index (κ1) is 13.1. The minimum absolute atomic E-state index is 0.0201. The van der Waals surface area contributed by atoms with Gasteiger partial charge < -0.3 is 16.2 Å². The van der Waals surface area contributed by atoms with Gasteiger partial charge in [0.25, 0.3) is 0 Å². The Morgan fingerprint density at radius 1 is 1.53 bits per heavy atom. The maximum absolute atomic E-state index is 11.4. The van der Waals surface area contributed by atoms with Crippen LogP contribution in [-0.4, -0.2) is 28.0 Å². The van der Waals surface area contributed by atoms with E-state index >= 15 is 0 Å². The van der Waals surface area contributed by atoms with Crippen LogP contribution in [0.4, 0.5) is 5.69 Å². The van der Waals surface area contributed by atoms with Gasteiger partial charge in [0.1, 0.15) is 5.69 Å². The number of amides is 1. The number of nitrogens with two attached hydrogens (primary N) is 1. The van der Waals surface area contributed by atoms with Crippen LogP contribution in [0.15, 0.2) is 18.3 Å². The Bertz CT molecular complexity index is 401. The maximum Gasteiger partial charge on any atom is 0.354 e. The largest absolute Gasteiger partial charge is 0.477 e. The number of aromatic carboxylic acids is 1. The number of hydrogen-bond acceptors (Lipinski definition) is 4. The molecule has 0 bridgehead atoms. The average molecular weight is 237 g/mol. The monoisotopic (exact) mass is 237 g/mol. The molecule has 1 heterocycles. The molecular weight excluding hydrogens is 222 g/mol. The Balaban J connectivity index is 2.51. The normalized spacial score (nSPS) is 11.9. The number of carboxylic acid groups (broad SMARTS) is 1. The average Bonchev–Trinajstić information content (AvgIpc) is 2.27. The van der Waals surface area contributed by atoms with Crippen LogP contribution in [0, 0.1) is 0 Å². The van der Waals surface area contributed by atoms with Crippen LogP contribution in [0.3, 0.4) is 0 Å². The van der Waals surface area contributed by atoms with Crippen molar-refractivity contribution in [3.63, 3.8) is 0 Å². The lowest BCUT2D eigenvalue weighted by Gasteiger charge is -2.06. The van der Waals surface area contributed by atoms with Crippen molar-refractivity contribution < 1.29 is 14.7 Å². The molecule has 1 aromatic heterocycles. The Morgan fingerprint density at radius 3 is 2.71 bits per heavy atom. The van der Waals surface area contributed by atoms with Gasteiger partial charge in [-0.15, -0.1) is 0 Å². The summed E-state index contributed by atoms with van der Waals surface area (Å²) in [4.78, 5) is 25.7. The summed E-state index contributed by atoms with van der Waals surface area (Å²) in [5.41, 5.74) is 5.95. The molecule has 1 unspecified atom stereocenters. The molecule has 6 heteroatoms. The molecule has 0 aromatic carbocycles. The first-order valence-electron chi connectivity index (χ1n) is 5.24. The van der Waals surface area contributed by atoms with Gasteiger partial charge in [-0.05, 0) is 25.5 Å². The van der Waals surface area contributed by atoms with Crippen LogP contribution in [0.25, 0.3) is 0 Å². The highest BCUT2D eigenvalue weighted by Gasteiger charge is 2.06. The molecule has 1 rings (SSSR count). The highest BCUT2D eigenvalue weighted by Crippen LogP contribution is 2.07. The zero-order valence-corrected chi connectivity index (χ0v) is 9.51. The van der Waals surface area contributed by atoms with E-state index in [9.17, 15) is 9.59 Å². The highest BCUT2D eigenvalue weighted by atomic mass is 16.4. The third kappa shape index (κ3) is 4.60. The molecule has 0 aliphatic carbocycles. The van der Waals surface area contributed by atoms with Gasteiger partial charge in [-0.25, -0.2) is 9.78 Å². The van der Waals surface area contributed by atoms with Crippen LogP contribution < -0.4 is 11.1 Å². The molecule has 4 N–H and O–H groups in total. The van der Waals surface area contributed by atoms with E-state index in [0.717, 1.165) is 0 Å². The number of nitrogens with one attached hydrogen (secondary N) is 1. The second-order valence-electron chi connectivity index (χ2n) is 3.80. The number of rotatable bonds is 5. The summed E-state index contributed by atoms with van der Waals surface area (Å²) in [6, 6.07) is 2.82. The number of nitrogens with zero attached hydrogens (tertiary/aromatic N) is 1. The van der Waals surface area contributed by atoms with E-state index in [-0.39, 0.29) is 17.6 Å². The standard InChI is InChI=1S/C11H15N3O3/c1-7(12)2-5-10(15)14-8-3-4-9(11(16)17)13-6-8/h3-4,6-7H,2,5,12H2,1H3,(H,14,15)(H,16,17). The van der Waals surface area contributed by atoms with Gasteiger partial charge in [-0.3, -0.25) is 4.79 Å². The quantitative estimate of drug-likeness (QED) is 0.703. The van der Waals surface area contributed by atoms with Crippen LogP contribution in [0.1, 0.15) is 30.3 Å². The third-order valence-corrected chi connectivity index (χ3v) is 2.09. The molecule has 0 fully saturated rings. The zero-order valence-electron chi connectivity index (χ0n) is 9.51. The molecule has 0 saturated heterocycles. The highest BCUT2D eigenvalue weighted by molar-refractivity contribution is 5.91. The summed E-state index contributed by atoms with van der Waals surface area (Å²) >= 11 is 0. The van der Waals surface area contributed by atoms with E-state index in [2.05, 4.69) is 10.3 Å². The molecule has 6 nitrogen and oxygen atoms in total. The van der Waals surface area contributed by atoms with Gasteiger partial charge in [-0.1, -0.05) is 0 Å². The van der Waals surface area contributed by atoms with E-state index in [1.165, 1.54) is 18.3 Å². The Kier molecular flexibility index (Phi) is 4.59. The first-order valence-corrected chi connectivity index (χ1v) is 5.24. The molecule has 0 aliphatic heterocycles. The molecule has 0 radical (unpaired) electrons. The summed E-state index contributed by atoms with van der Waals surface area (Å²) in [5.74, 6) is -1.26. The smallest absolute Gasteiger partial charge is 0.354 e. The van der Waals surface area contributed by atoms with Crippen molar-refractivity contribution in [2.75, 3.05) is 5.32 Å². The van der Waals surface area contributed by atoms with Gasteiger partial charge in [0, 0.05) is 12.5 Å². The van der Waals surface area contributed by atoms with Crippen molar-refractivity contribution in [2.45, 2.75) is 25.8 Å². The third-order valence-electron chi connectivity index (χ3n) is 2.09. The first-order chi connectivity index (χ1) is 7.99. The molecule has 1 atom stereocenters. The van der Waals surface area contributed by atoms with Gasteiger partial charge in [-0.2, -0.15) is 0 Å². The molecule has 0 saturated carbocycles. The van der Waals surface area contributed by atoms with Crippen molar-refractivity contribution >= 4 is 17.6 Å². The predicted octanol–water partition coefficient (Wildman–Crippen LogP) is 0.846. The molecule has 0 aliphatic rings. The minimum Gasteiger partial charge on any atom is -0.477 e. The van der Waals surface area contributed by atoms with Gasteiger partial charge in [0.2, 0.25) is 5.91 Å². The Labute approximate surface area is 98.8 Å². The summed E-state index contributed by atoms with van der Waals surface area (Å²) in [5, 5.41) is 11.3. The fourth-order valence-corrected chi connectivity index (χ4v) is 1.18. The second-order valence-corrected chi connectivity index (χ2v) is 3.80. The fourth-order valence-electron chi connectivity index (χ4n) is 1.18. The van der Waals surface area contributed by atoms with Gasteiger partial charge >= 0.3 is 5.97 Å². The lowest BCUT2D eigenvalue weighted by atomic mass is 10.2. The van der Waals surface area contributed by atoms with E-state index < -0.39 is 5.97 Å². The minimum atomic E-state index is -1.10. The maximum atomic E-state index is 11.4. The second kappa shape index (κ2) is 5.95. The number of carboxylic acids is 1. The summed E-state index contributed by atoms with van der Waals surface area (Å²) in [6.07, 6.45) is 2.25. The molecule has 1 amide bonds. The van der Waals surface area contributed by atoms with Crippen molar-refractivity contribution in [1.29, 1.82) is 0 Å². The van der Waals surface area contributed by atoms with Crippen molar-refractivity contribution in [3.05, 3.63) is 24.0 Å². The Hall–Kier alpha value is -1.95. The van der Waals surface area contributed by atoms with Crippen LogP contribution in [0.5, 0.6) is 0 Å². The van der Waals surface area contributed by atoms with Gasteiger partial charge in [0.15, 0.2) is 0 Å². The van der Waals surface area contributed by atoms with Crippen molar-refractivity contribution in [2.24, 2.45) is 5.73 Å². The number of carbonyl (C=O) groups excluding carboxylic acids is 1. The van der Waals surface area contributed by atoms with Crippen LogP contribution in [-0.2, 0) is 4.79 Å². The van der Waals surface area contributed by atoms with E-state index in [4.69, 9.17) is 10.8 Å². The number of anilines is 1. The lowest BCUT2D eigenvalue weighted by Crippen LogP contribution is -2.19. The molecule has 0 spiro atoms. The fraction of sp³-hybridized carbons (Fsp3) is 0.364. The number of pyridine rings is 1. The molecule has 92 valence electrons. The number of hydrogen-bond donors (Lipinski definition) is 3. The number of carbonyl (C=O) groups is 2. The van der Waals surface area contributed by atoms with E-state index in [0.29, 0.717) is 18.5 Å². The summed E-state index contributed by atoms with van der Waals surface area (Å²) in [7, 11) is 0. The van der Waals surface area contributed by atoms with Crippen LogP contribution in [0.2, 0.25) is 0 Å². The SMILES string of the molecule is CC(N)CCC(=O)Nc1ccc(C(=O)O)nc1. The Morgan fingerprint density at radius 2 is 2.24 bits per heavy atom. The summed E-state index contributed by atoms with van der Waals surface area (Å²) < 4.78 is 0. The zero-order chi connectivity index (χ0) is 12.8. The van der Waals surface area contributed by atoms with Crippen LogP contribution >= 0.6 is 0 Å². The van der Waals surface area contributed by atoms with Crippen molar-refractivity contribution in [1.82, 2.24) is 4.98 Å². The van der Waals surface area contributed by atoms with Crippen molar-refractivity contribution in [3.8, 4) is 0 Å².